The molecule has 0 bridgehead atoms. The molecule has 0 aliphatic heterocycles. The Morgan fingerprint density at radius 2 is 1.72 bits per heavy atom. The molecule has 10 nitrogen and oxygen atoms in total. The van der Waals surface area contributed by atoms with Crippen LogP contribution in [0.25, 0.3) is 0 Å². The van der Waals surface area contributed by atoms with Crippen LogP contribution in [0.1, 0.15) is 12.0 Å². The van der Waals surface area contributed by atoms with Crippen LogP contribution in [-0.2, 0) is 26.1 Å². The molecule has 2 aromatic carbocycles. The van der Waals surface area contributed by atoms with Crippen molar-refractivity contribution in [3.8, 4) is 5.75 Å². The molecule has 0 saturated carbocycles. The van der Waals surface area contributed by atoms with E-state index in [9.17, 15) is 27.1 Å². The van der Waals surface area contributed by atoms with Gasteiger partial charge in [-0.2, -0.15) is 4.72 Å². The van der Waals surface area contributed by atoms with Crippen molar-refractivity contribution in [1.82, 2.24) is 4.72 Å². The summed E-state index contributed by atoms with van der Waals surface area (Å²) in [5.74, 6) is -3.87. The molecule has 32 heavy (non-hydrogen) atoms. The van der Waals surface area contributed by atoms with E-state index in [1.165, 1.54) is 0 Å². The van der Waals surface area contributed by atoms with E-state index < -0.39 is 38.6 Å². The predicted molar refractivity (Wildman–Crippen MR) is 110 cm³/mol. The molecular weight excluding hydrogens is 450 g/mol. The smallest absolute Gasteiger partial charge is 0.322 e. The van der Waals surface area contributed by atoms with Crippen LogP contribution >= 0.6 is 0 Å². The van der Waals surface area contributed by atoms with Crippen molar-refractivity contribution >= 4 is 22.0 Å². The van der Waals surface area contributed by atoms with E-state index in [-0.39, 0.29) is 19.0 Å². The maximum absolute atomic E-state index is 13.8. The first-order valence-electron chi connectivity index (χ1n) is 9.22. The molecule has 6 N–H and O–H groups in total. The molecule has 0 saturated heterocycles. The summed E-state index contributed by atoms with van der Waals surface area (Å²) in [6.45, 7) is 0.532. The minimum atomic E-state index is -4.76. The summed E-state index contributed by atoms with van der Waals surface area (Å²) in [7, 11) is -4.76. The topological polar surface area (TPSA) is 166 Å². The zero-order valence-corrected chi connectivity index (χ0v) is 17.5. The summed E-state index contributed by atoms with van der Waals surface area (Å²) in [4.78, 5) is 15.1. The second-order valence-corrected chi connectivity index (χ2v) is 8.11. The van der Waals surface area contributed by atoms with Gasteiger partial charge in [0.2, 0.25) is 16.0 Å². The second kappa shape index (κ2) is 11.2. The highest BCUT2D eigenvalue weighted by Crippen LogP contribution is 2.19. The van der Waals surface area contributed by atoms with Crippen molar-refractivity contribution in [2.75, 3.05) is 13.2 Å². The van der Waals surface area contributed by atoms with Crippen LogP contribution in [0.2, 0.25) is 0 Å². The van der Waals surface area contributed by atoms with Crippen LogP contribution in [0, 0.1) is 11.6 Å². The molecule has 0 aromatic heterocycles. The fourth-order valence-corrected chi connectivity index (χ4v) is 3.88. The Morgan fingerprint density at radius 3 is 2.28 bits per heavy atom. The zero-order chi connectivity index (χ0) is 23.7. The number of halogens is 2. The van der Waals surface area contributed by atoms with E-state index in [0.29, 0.717) is 24.3 Å². The number of sulfonamides is 1. The largest absolute Gasteiger partial charge is 0.493 e. The highest BCUT2D eigenvalue weighted by atomic mass is 32.2. The van der Waals surface area contributed by atoms with Gasteiger partial charge in [0.05, 0.1) is 6.61 Å². The van der Waals surface area contributed by atoms with E-state index in [0.717, 1.165) is 18.2 Å². The summed E-state index contributed by atoms with van der Waals surface area (Å²) >= 11 is 0. The minimum Gasteiger partial charge on any atom is -0.493 e. The molecule has 0 spiro atoms. The van der Waals surface area contributed by atoms with Gasteiger partial charge in [-0.25, -0.2) is 17.2 Å². The lowest BCUT2D eigenvalue weighted by Crippen LogP contribution is -2.42. The van der Waals surface area contributed by atoms with Gasteiger partial charge in [-0.05, 0) is 41.4 Å². The number of carboxylic acids is 1. The van der Waals surface area contributed by atoms with Crippen LogP contribution < -0.4 is 20.9 Å². The standard InChI is InChI=1S/C19H22F2N4O6S/c20-14-3-1-4-15(21)17(14)32(28,29)25-16(18(26)27)11-12-5-7-13(8-6-12)30-9-2-10-31-24-19(22)23/h1,3-8,16,25H,2,9-11H2,(H,26,27)(H4,22,23,24). The number of carboxylic acid groups (broad SMARTS) is 1. The number of benzene rings is 2. The molecule has 0 radical (unpaired) electrons. The lowest BCUT2D eigenvalue weighted by Gasteiger charge is -2.16. The maximum atomic E-state index is 13.8. The van der Waals surface area contributed by atoms with Gasteiger partial charge >= 0.3 is 5.97 Å². The van der Waals surface area contributed by atoms with Gasteiger partial charge in [0.15, 0.2) is 4.90 Å². The fourth-order valence-electron chi connectivity index (χ4n) is 2.56. The second-order valence-electron chi connectivity index (χ2n) is 6.46. The number of aliphatic carboxylic acids is 1. The van der Waals surface area contributed by atoms with Crippen molar-refractivity contribution < 1.29 is 36.7 Å². The zero-order valence-electron chi connectivity index (χ0n) is 16.7. The summed E-state index contributed by atoms with van der Waals surface area (Å²) < 4.78 is 59.7. The predicted octanol–water partition coefficient (Wildman–Crippen LogP) is 0.913. The highest BCUT2D eigenvalue weighted by molar-refractivity contribution is 7.89. The molecular formula is C19H22F2N4O6S. The van der Waals surface area contributed by atoms with Gasteiger partial charge < -0.3 is 26.1 Å². The number of nitrogens with two attached hydrogens (primary N) is 2. The summed E-state index contributed by atoms with van der Waals surface area (Å²) in [6, 6.07) is 7.08. The van der Waals surface area contributed by atoms with Crippen molar-refractivity contribution in [3.63, 3.8) is 0 Å². The molecule has 13 heteroatoms. The van der Waals surface area contributed by atoms with Crippen LogP contribution in [0.15, 0.2) is 52.5 Å². The lowest BCUT2D eigenvalue weighted by molar-refractivity contribution is -0.138. The molecule has 174 valence electrons. The van der Waals surface area contributed by atoms with Gasteiger partial charge in [-0.15, -0.1) is 0 Å². The number of carbonyl (C=O) groups is 1. The maximum Gasteiger partial charge on any atom is 0.322 e. The summed E-state index contributed by atoms with van der Waals surface area (Å²) in [5.41, 5.74) is 10.7. The van der Waals surface area contributed by atoms with Crippen LogP contribution in [0.5, 0.6) is 5.75 Å². The van der Waals surface area contributed by atoms with Crippen LogP contribution in [0.3, 0.4) is 0 Å². The number of hydrogen-bond donors (Lipinski definition) is 4. The number of nitrogens with zero attached hydrogens (tertiary/aromatic N) is 1. The van der Waals surface area contributed by atoms with Gasteiger partial charge in [0, 0.05) is 6.42 Å². The third-order valence-corrected chi connectivity index (χ3v) is 5.49. The van der Waals surface area contributed by atoms with Crippen molar-refractivity contribution in [2.24, 2.45) is 16.6 Å². The number of rotatable bonds is 12. The average Bonchev–Trinajstić information content (AvgIpc) is 2.70. The van der Waals surface area contributed by atoms with Crippen molar-refractivity contribution in [3.05, 3.63) is 59.7 Å². The van der Waals surface area contributed by atoms with Gasteiger partial charge in [-0.1, -0.05) is 18.2 Å². The van der Waals surface area contributed by atoms with Crippen molar-refractivity contribution in [2.45, 2.75) is 23.8 Å². The molecule has 0 heterocycles. The molecule has 2 rings (SSSR count). The first-order valence-corrected chi connectivity index (χ1v) is 10.7. The molecule has 1 unspecified atom stereocenters. The highest BCUT2D eigenvalue weighted by Gasteiger charge is 2.30. The SMILES string of the molecule is NC(N)=NOCCCOc1ccc(CC(NS(=O)(=O)c2c(F)cccc2F)C(=O)O)cc1. The van der Waals surface area contributed by atoms with E-state index >= 15 is 0 Å². The number of hydrogen-bond acceptors (Lipinski definition) is 6. The normalized spacial score (nSPS) is 12.1. The van der Waals surface area contributed by atoms with E-state index in [1.54, 1.807) is 24.3 Å². The Balaban J connectivity index is 1.98. The molecule has 0 aliphatic carbocycles. The molecule has 1 atom stereocenters. The number of guanidine groups is 1. The minimum absolute atomic E-state index is 0.192. The number of ether oxygens (including phenoxy) is 1. The lowest BCUT2D eigenvalue weighted by atomic mass is 10.1. The Labute approximate surface area is 182 Å². The molecule has 0 fully saturated rings. The van der Waals surface area contributed by atoms with E-state index in [1.807, 2.05) is 4.72 Å². The molecule has 0 amide bonds. The number of oxime groups is 1. The van der Waals surface area contributed by atoms with Gasteiger partial charge in [0.25, 0.3) is 0 Å². The first-order chi connectivity index (χ1) is 15.1. The van der Waals surface area contributed by atoms with Crippen LogP contribution in [-0.4, -0.2) is 44.7 Å². The van der Waals surface area contributed by atoms with Gasteiger partial charge in [0.1, 0.15) is 30.0 Å². The summed E-state index contributed by atoms with van der Waals surface area (Å²) in [6.07, 6.45) is 0.227. The quantitative estimate of drug-likeness (QED) is 0.153. The molecule has 0 aliphatic rings. The third-order valence-electron chi connectivity index (χ3n) is 3.96. The Hall–Kier alpha value is -3.45. The average molecular weight is 472 g/mol. The first kappa shape index (κ1) is 24.8. The fraction of sp³-hybridized carbons (Fsp3) is 0.263. The third kappa shape index (κ3) is 7.35. The number of nitrogens with one attached hydrogen (secondary N) is 1. The Morgan fingerprint density at radius 1 is 1.09 bits per heavy atom. The monoisotopic (exact) mass is 472 g/mol. The Bertz CT molecular complexity index is 1040. The van der Waals surface area contributed by atoms with Crippen molar-refractivity contribution in [1.29, 1.82) is 0 Å². The van der Waals surface area contributed by atoms with E-state index in [4.69, 9.17) is 21.0 Å². The summed E-state index contributed by atoms with van der Waals surface area (Å²) in [5, 5.41) is 12.7. The Kier molecular flexibility index (Phi) is 8.72. The van der Waals surface area contributed by atoms with E-state index in [2.05, 4.69) is 5.16 Å². The molecule has 2 aromatic rings. The van der Waals surface area contributed by atoms with Gasteiger partial charge in [-0.3, -0.25) is 4.79 Å². The van der Waals surface area contributed by atoms with Crippen LogP contribution in [0.4, 0.5) is 8.78 Å².